The summed E-state index contributed by atoms with van der Waals surface area (Å²) >= 11 is 0. The summed E-state index contributed by atoms with van der Waals surface area (Å²) < 4.78 is 1.88. The Hall–Kier alpha value is -3.27. The molecule has 1 atom stereocenters. The number of rotatable bonds is 6. The van der Waals surface area contributed by atoms with E-state index in [0.29, 0.717) is 11.3 Å². The standard InChI is InChI=1S/C23H22N2O2/c1-17(23(27)24-22-10-8-21(9-11-22)18(2)26)25-14-12-20(13-15-25)16-19-6-4-3-5-7-19/h3-15,17H,16H2,1-2H3/p+1/t17-/m0/s1. The van der Waals surface area contributed by atoms with E-state index in [2.05, 4.69) is 17.4 Å². The Kier molecular flexibility index (Phi) is 5.77. The quantitative estimate of drug-likeness (QED) is 0.535. The van der Waals surface area contributed by atoms with E-state index in [-0.39, 0.29) is 17.7 Å². The number of Topliss-reactive ketones (excluding diaryl/α,β-unsaturated/α-hetero) is 1. The lowest BCUT2D eigenvalue weighted by Crippen LogP contribution is -2.44. The maximum atomic E-state index is 12.5. The van der Waals surface area contributed by atoms with Gasteiger partial charge < -0.3 is 5.32 Å². The number of amides is 1. The molecule has 1 aromatic heterocycles. The van der Waals surface area contributed by atoms with Gasteiger partial charge in [0.05, 0.1) is 0 Å². The molecule has 136 valence electrons. The summed E-state index contributed by atoms with van der Waals surface area (Å²) in [5.41, 5.74) is 3.77. The van der Waals surface area contributed by atoms with Crippen LogP contribution >= 0.6 is 0 Å². The van der Waals surface area contributed by atoms with Gasteiger partial charge in [0, 0.05) is 30.3 Å². The van der Waals surface area contributed by atoms with Crippen molar-refractivity contribution in [1.82, 2.24) is 0 Å². The minimum atomic E-state index is -0.344. The van der Waals surface area contributed by atoms with Crippen molar-refractivity contribution in [2.24, 2.45) is 0 Å². The van der Waals surface area contributed by atoms with Gasteiger partial charge in [0.1, 0.15) is 0 Å². The van der Waals surface area contributed by atoms with Gasteiger partial charge in [0.2, 0.25) is 6.04 Å². The Bertz CT molecular complexity index is 917. The normalized spacial score (nSPS) is 11.6. The van der Waals surface area contributed by atoms with Crippen LogP contribution in [0.1, 0.15) is 41.4 Å². The molecule has 4 heteroatoms. The van der Waals surface area contributed by atoms with Gasteiger partial charge in [-0.05, 0) is 48.7 Å². The fraction of sp³-hybridized carbons (Fsp3) is 0.174. The molecule has 0 bridgehead atoms. The fourth-order valence-corrected chi connectivity index (χ4v) is 2.85. The Morgan fingerprint density at radius 3 is 2.07 bits per heavy atom. The van der Waals surface area contributed by atoms with Crippen molar-refractivity contribution in [3.8, 4) is 0 Å². The maximum absolute atomic E-state index is 12.5. The third-order valence-corrected chi connectivity index (χ3v) is 4.56. The highest BCUT2D eigenvalue weighted by Gasteiger charge is 2.21. The van der Waals surface area contributed by atoms with Gasteiger partial charge in [-0.25, -0.2) is 0 Å². The zero-order valence-electron chi connectivity index (χ0n) is 15.6. The van der Waals surface area contributed by atoms with Gasteiger partial charge in [-0.15, -0.1) is 0 Å². The molecule has 0 saturated carbocycles. The summed E-state index contributed by atoms with van der Waals surface area (Å²) in [5.74, 6) is -0.0984. The molecule has 0 aliphatic heterocycles. The minimum Gasteiger partial charge on any atom is -0.320 e. The lowest BCUT2D eigenvalue weighted by Gasteiger charge is -2.09. The van der Waals surface area contributed by atoms with Crippen molar-refractivity contribution in [3.05, 3.63) is 95.8 Å². The first-order chi connectivity index (χ1) is 13.0. The number of nitrogens with zero attached hydrogens (tertiary/aromatic N) is 1. The van der Waals surface area contributed by atoms with Crippen molar-refractivity contribution in [3.63, 3.8) is 0 Å². The van der Waals surface area contributed by atoms with Crippen LogP contribution in [0, 0.1) is 0 Å². The van der Waals surface area contributed by atoms with Crippen LogP contribution in [0.4, 0.5) is 5.69 Å². The van der Waals surface area contributed by atoms with Gasteiger partial charge in [0.15, 0.2) is 18.2 Å². The van der Waals surface area contributed by atoms with Gasteiger partial charge in [-0.3, -0.25) is 9.59 Å². The molecule has 0 aliphatic rings. The van der Waals surface area contributed by atoms with Crippen LogP contribution in [0.2, 0.25) is 0 Å². The van der Waals surface area contributed by atoms with E-state index in [1.54, 1.807) is 24.3 Å². The second kappa shape index (κ2) is 8.41. The molecule has 0 unspecified atom stereocenters. The van der Waals surface area contributed by atoms with Crippen molar-refractivity contribution < 1.29 is 14.2 Å². The highest BCUT2D eigenvalue weighted by Crippen LogP contribution is 2.12. The molecule has 0 radical (unpaired) electrons. The molecule has 1 N–H and O–H groups in total. The molecule has 0 saturated heterocycles. The third kappa shape index (κ3) is 4.88. The van der Waals surface area contributed by atoms with Crippen LogP contribution in [0.3, 0.4) is 0 Å². The number of ketones is 1. The zero-order chi connectivity index (χ0) is 19.2. The zero-order valence-corrected chi connectivity index (χ0v) is 15.6. The Labute approximate surface area is 159 Å². The number of benzene rings is 2. The summed E-state index contributed by atoms with van der Waals surface area (Å²) in [5, 5.41) is 2.89. The van der Waals surface area contributed by atoms with Crippen molar-refractivity contribution in [2.45, 2.75) is 26.3 Å². The van der Waals surface area contributed by atoms with E-state index in [1.807, 2.05) is 54.2 Å². The number of pyridine rings is 1. The number of nitrogens with one attached hydrogen (secondary N) is 1. The summed E-state index contributed by atoms with van der Waals surface area (Å²) in [6, 6.07) is 21.0. The van der Waals surface area contributed by atoms with Crippen LogP contribution in [-0.2, 0) is 11.2 Å². The first kappa shape index (κ1) is 18.5. The second-order valence-corrected chi connectivity index (χ2v) is 6.61. The van der Waals surface area contributed by atoms with Gasteiger partial charge >= 0.3 is 0 Å². The smallest absolute Gasteiger partial charge is 0.293 e. The molecule has 4 nitrogen and oxygen atoms in total. The number of anilines is 1. The molecular formula is C23H23N2O2+. The molecule has 3 rings (SSSR count). The van der Waals surface area contributed by atoms with Crippen LogP contribution in [0.5, 0.6) is 0 Å². The summed E-state index contributed by atoms with van der Waals surface area (Å²) in [4.78, 5) is 23.8. The lowest BCUT2D eigenvalue weighted by molar-refractivity contribution is -0.705. The number of carbonyl (C=O) groups is 2. The second-order valence-electron chi connectivity index (χ2n) is 6.61. The molecule has 0 aliphatic carbocycles. The van der Waals surface area contributed by atoms with Gasteiger partial charge in [-0.1, -0.05) is 30.3 Å². The van der Waals surface area contributed by atoms with E-state index in [1.165, 1.54) is 18.1 Å². The Balaban J connectivity index is 1.63. The van der Waals surface area contributed by atoms with Gasteiger partial charge in [-0.2, -0.15) is 4.57 Å². The molecule has 1 heterocycles. The maximum Gasteiger partial charge on any atom is 0.293 e. The fourth-order valence-electron chi connectivity index (χ4n) is 2.85. The molecule has 3 aromatic rings. The van der Waals surface area contributed by atoms with E-state index < -0.39 is 0 Å². The largest absolute Gasteiger partial charge is 0.320 e. The minimum absolute atomic E-state index is 0.00685. The molecular weight excluding hydrogens is 336 g/mol. The first-order valence-electron chi connectivity index (χ1n) is 8.98. The number of carbonyl (C=O) groups excluding carboxylic acids is 2. The van der Waals surface area contributed by atoms with Gasteiger partial charge in [0.25, 0.3) is 5.91 Å². The molecule has 2 aromatic carbocycles. The van der Waals surface area contributed by atoms with E-state index in [4.69, 9.17) is 0 Å². The summed E-state index contributed by atoms with van der Waals surface area (Å²) in [7, 11) is 0. The lowest BCUT2D eigenvalue weighted by atomic mass is 10.1. The third-order valence-electron chi connectivity index (χ3n) is 4.56. The topological polar surface area (TPSA) is 50.1 Å². The van der Waals surface area contributed by atoms with Crippen molar-refractivity contribution in [1.29, 1.82) is 0 Å². The SMILES string of the molecule is CC(=O)c1ccc(NC(=O)[C@H](C)[n+]2ccc(Cc3ccccc3)cc2)cc1. The Morgan fingerprint density at radius 2 is 1.48 bits per heavy atom. The average Bonchev–Trinajstić information content (AvgIpc) is 2.69. The molecule has 0 fully saturated rings. The molecule has 1 amide bonds. The summed E-state index contributed by atoms with van der Waals surface area (Å²) in [6.07, 6.45) is 4.73. The van der Waals surface area contributed by atoms with Crippen LogP contribution < -0.4 is 9.88 Å². The predicted octanol–water partition coefficient (Wildman–Crippen LogP) is 3.97. The number of hydrogen-bond acceptors (Lipinski definition) is 2. The number of hydrogen-bond donors (Lipinski definition) is 1. The van der Waals surface area contributed by atoms with Crippen molar-refractivity contribution in [2.75, 3.05) is 5.32 Å². The average molecular weight is 359 g/mol. The van der Waals surface area contributed by atoms with Crippen LogP contribution in [-0.4, -0.2) is 11.7 Å². The van der Waals surface area contributed by atoms with E-state index in [0.717, 1.165) is 6.42 Å². The molecule has 27 heavy (non-hydrogen) atoms. The first-order valence-corrected chi connectivity index (χ1v) is 8.98. The summed E-state index contributed by atoms with van der Waals surface area (Å²) in [6.45, 7) is 3.38. The highest BCUT2D eigenvalue weighted by atomic mass is 16.2. The Morgan fingerprint density at radius 1 is 0.889 bits per heavy atom. The van der Waals surface area contributed by atoms with Crippen molar-refractivity contribution >= 4 is 17.4 Å². The number of aromatic nitrogens is 1. The van der Waals surface area contributed by atoms with Crippen LogP contribution in [0.25, 0.3) is 0 Å². The van der Waals surface area contributed by atoms with E-state index >= 15 is 0 Å². The predicted molar refractivity (Wildman–Crippen MR) is 106 cm³/mol. The van der Waals surface area contributed by atoms with Crippen LogP contribution in [0.15, 0.2) is 79.1 Å². The van der Waals surface area contributed by atoms with E-state index in [9.17, 15) is 9.59 Å². The highest BCUT2D eigenvalue weighted by molar-refractivity contribution is 5.96. The molecule has 0 spiro atoms. The monoisotopic (exact) mass is 359 g/mol.